The van der Waals surface area contributed by atoms with Crippen LogP contribution in [0.15, 0.2) is 78.9 Å². The van der Waals surface area contributed by atoms with Crippen LogP contribution in [0.25, 0.3) is 21.9 Å². The SMILES string of the molecule is CCOC(=O)c1cc(OC)c2cc(-c3ccc(OCc4ccccc4)c(C45CC6CC(CC(C6)C4)C5)c3)ccc2c1. The molecule has 0 N–H and O–H groups in total. The standard InChI is InChI=1S/C37H38O4/c1-3-40-36(38)31-16-30-10-9-28(17-32(30)35(19-31)39-2)29-11-12-34(41-23-24-7-5-4-6-8-24)33(18-29)37-20-25-13-26(21-37)15-27(14-25)22-37/h4-12,16-19,25-27H,3,13-15,20-23H2,1-2H3. The second-order valence-corrected chi connectivity index (χ2v) is 12.5. The summed E-state index contributed by atoms with van der Waals surface area (Å²) in [5, 5.41) is 1.94. The van der Waals surface area contributed by atoms with Crippen LogP contribution in [0, 0.1) is 17.8 Å². The van der Waals surface area contributed by atoms with Crippen LogP contribution < -0.4 is 9.47 Å². The van der Waals surface area contributed by atoms with Crippen LogP contribution in [0.1, 0.15) is 66.9 Å². The summed E-state index contributed by atoms with van der Waals surface area (Å²) in [6, 6.07) is 27.4. The molecule has 0 amide bonds. The van der Waals surface area contributed by atoms with Gasteiger partial charge in [0.2, 0.25) is 0 Å². The molecule has 4 heteroatoms. The maximum absolute atomic E-state index is 12.4. The lowest BCUT2D eigenvalue weighted by atomic mass is 9.48. The fourth-order valence-corrected chi connectivity index (χ4v) is 8.43. The summed E-state index contributed by atoms with van der Waals surface area (Å²) in [5.41, 5.74) is 5.64. The summed E-state index contributed by atoms with van der Waals surface area (Å²) >= 11 is 0. The highest BCUT2D eigenvalue weighted by atomic mass is 16.5. The van der Waals surface area contributed by atoms with Gasteiger partial charge in [-0.15, -0.1) is 0 Å². The van der Waals surface area contributed by atoms with E-state index >= 15 is 0 Å². The zero-order valence-corrected chi connectivity index (χ0v) is 24.0. The van der Waals surface area contributed by atoms with E-state index < -0.39 is 0 Å². The van der Waals surface area contributed by atoms with Gasteiger partial charge < -0.3 is 14.2 Å². The molecule has 4 bridgehead atoms. The molecule has 0 atom stereocenters. The van der Waals surface area contributed by atoms with Crippen molar-refractivity contribution in [2.24, 2.45) is 17.8 Å². The average molecular weight is 547 g/mol. The highest BCUT2D eigenvalue weighted by Crippen LogP contribution is 2.62. The molecule has 4 aromatic rings. The molecular formula is C37H38O4. The van der Waals surface area contributed by atoms with E-state index in [1.807, 2.05) is 13.0 Å². The van der Waals surface area contributed by atoms with Crippen LogP contribution in [0.4, 0.5) is 0 Å². The number of rotatable bonds is 8. The molecule has 0 heterocycles. The molecule has 4 saturated carbocycles. The molecule has 0 saturated heterocycles. The first-order chi connectivity index (χ1) is 20.0. The number of hydrogen-bond acceptors (Lipinski definition) is 4. The molecule has 4 fully saturated rings. The van der Waals surface area contributed by atoms with Crippen molar-refractivity contribution in [3.63, 3.8) is 0 Å². The Morgan fingerprint density at radius 3 is 2.17 bits per heavy atom. The van der Waals surface area contributed by atoms with Gasteiger partial charge in [0, 0.05) is 10.9 Å². The van der Waals surface area contributed by atoms with E-state index in [1.165, 1.54) is 55.2 Å². The number of methoxy groups -OCH3 is 1. The predicted octanol–water partition coefficient (Wildman–Crippen LogP) is 8.74. The van der Waals surface area contributed by atoms with Crippen molar-refractivity contribution >= 4 is 16.7 Å². The van der Waals surface area contributed by atoms with E-state index in [0.717, 1.165) is 39.8 Å². The van der Waals surface area contributed by atoms with Gasteiger partial charge in [0.1, 0.15) is 18.1 Å². The number of carbonyl (C=O) groups is 1. The summed E-state index contributed by atoms with van der Waals surface area (Å²) in [7, 11) is 1.65. The van der Waals surface area contributed by atoms with Crippen molar-refractivity contribution in [2.75, 3.05) is 13.7 Å². The average Bonchev–Trinajstić information content (AvgIpc) is 2.99. The lowest BCUT2D eigenvalue weighted by Gasteiger charge is -2.57. The van der Waals surface area contributed by atoms with E-state index in [4.69, 9.17) is 14.2 Å². The van der Waals surface area contributed by atoms with Crippen molar-refractivity contribution in [2.45, 2.75) is 57.5 Å². The Hall–Kier alpha value is -3.79. The smallest absolute Gasteiger partial charge is 0.338 e. The largest absolute Gasteiger partial charge is 0.496 e. The van der Waals surface area contributed by atoms with Gasteiger partial charge in [-0.2, -0.15) is 0 Å². The zero-order chi connectivity index (χ0) is 28.0. The van der Waals surface area contributed by atoms with Gasteiger partial charge in [0.05, 0.1) is 19.3 Å². The van der Waals surface area contributed by atoms with Crippen LogP contribution in [0.5, 0.6) is 11.5 Å². The maximum Gasteiger partial charge on any atom is 0.338 e. The number of fused-ring (bicyclic) bond motifs is 1. The Labute approximate surface area is 242 Å². The Bertz CT molecular complexity index is 1550. The first kappa shape index (κ1) is 26.1. The van der Waals surface area contributed by atoms with Crippen molar-refractivity contribution in [3.8, 4) is 22.6 Å². The number of hydrogen-bond donors (Lipinski definition) is 0. The first-order valence-electron chi connectivity index (χ1n) is 15.1. The van der Waals surface area contributed by atoms with Crippen molar-refractivity contribution in [1.82, 2.24) is 0 Å². The zero-order valence-electron chi connectivity index (χ0n) is 24.0. The molecule has 0 unspecified atom stereocenters. The third kappa shape index (κ3) is 4.88. The van der Waals surface area contributed by atoms with Gasteiger partial charge in [-0.05, 0) is 121 Å². The Balaban J connectivity index is 1.29. The molecule has 4 aliphatic rings. The van der Waals surface area contributed by atoms with Crippen LogP contribution in [-0.2, 0) is 16.8 Å². The molecule has 210 valence electrons. The second kappa shape index (κ2) is 10.6. The third-order valence-corrected chi connectivity index (χ3v) is 9.81. The molecule has 8 rings (SSSR count). The van der Waals surface area contributed by atoms with E-state index in [-0.39, 0.29) is 11.4 Å². The van der Waals surface area contributed by atoms with Crippen LogP contribution in [0.3, 0.4) is 0 Å². The minimum Gasteiger partial charge on any atom is -0.496 e. The van der Waals surface area contributed by atoms with E-state index in [1.54, 1.807) is 13.2 Å². The van der Waals surface area contributed by atoms with E-state index in [9.17, 15) is 4.79 Å². The Kier molecular flexibility index (Phi) is 6.73. The molecule has 0 aromatic heterocycles. The van der Waals surface area contributed by atoms with Gasteiger partial charge in [0.25, 0.3) is 0 Å². The maximum atomic E-state index is 12.4. The summed E-state index contributed by atoms with van der Waals surface area (Å²) < 4.78 is 17.6. The summed E-state index contributed by atoms with van der Waals surface area (Å²) in [5.74, 6) is 3.94. The van der Waals surface area contributed by atoms with Gasteiger partial charge >= 0.3 is 5.97 Å². The quantitative estimate of drug-likeness (QED) is 0.207. The molecule has 41 heavy (non-hydrogen) atoms. The number of carbonyl (C=O) groups excluding carboxylic acids is 1. The number of benzene rings is 4. The summed E-state index contributed by atoms with van der Waals surface area (Å²) in [4.78, 5) is 12.4. The summed E-state index contributed by atoms with van der Waals surface area (Å²) in [6.45, 7) is 2.74. The fourth-order valence-electron chi connectivity index (χ4n) is 8.43. The molecule has 0 aliphatic heterocycles. The third-order valence-electron chi connectivity index (χ3n) is 9.81. The summed E-state index contributed by atoms with van der Waals surface area (Å²) in [6.07, 6.45) is 8.09. The van der Waals surface area contributed by atoms with Crippen LogP contribution >= 0.6 is 0 Å². The van der Waals surface area contributed by atoms with Gasteiger partial charge in [0.15, 0.2) is 0 Å². The van der Waals surface area contributed by atoms with Gasteiger partial charge in [-0.25, -0.2) is 4.79 Å². The van der Waals surface area contributed by atoms with Gasteiger partial charge in [-0.3, -0.25) is 0 Å². The molecular weight excluding hydrogens is 508 g/mol. The minimum absolute atomic E-state index is 0.208. The number of ether oxygens (including phenoxy) is 3. The molecule has 4 aromatic carbocycles. The minimum atomic E-state index is -0.330. The lowest BCUT2D eigenvalue weighted by molar-refractivity contribution is -0.00645. The monoisotopic (exact) mass is 546 g/mol. The first-order valence-corrected chi connectivity index (χ1v) is 15.1. The fraction of sp³-hybridized carbons (Fsp3) is 0.378. The lowest BCUT2D eigenvalue weighted by Crippen LogP contribution is -2.48. The Morgan fingerprint density at radius 2 is 1.49 bits per heavy atom. The highest BCUT2D eigenvalue weighted by Gasteiger charge is 2.52. The Morgan fingerprint density at radius 1 is 0.805 bits per heavy atom. The molecule has 0 spiro atoms. The molecule has 0 radical (unpaired) electrons. The van der Waals surface area contributed by atoms with Crippen molar-refractivity contribution in [1.29, 1.82) is 0 Å². The predicted molar refractivity (Wildman–Crippen MR) is 163 cm³/mol. The highest BCUT2D eigenvalue weighted by molar-refractivity contribution is 5.99. The second-order valence-electron chi connectivity index (χ2n) is 12.5. The van der Waals surface area contributed by atoms with Crippen molar-refractivity contribution in [3.05, 3.63) is 95.6 Å². The van der Waals surface area contributed by atoms with Crippen LogP contribution in [0.2, 0.25) is 0 Å². The molecule has 4 aliphatic carbocycles. The van der Waals surface area contributed by atoms with Crippen LogP contribution in [-0.4, -0.2) is 19.7 Å². The van der Waals surface area contributed by atoms with E-state index in [2.05, 4.69) is 66.7 Å². The van der Waals surface area contributed by atoms with E-state index in [0.29, 0.717) is 24.5 Å². The topological polar surface area (TPSA) is 44.8 Å². The van der Waals surface area contributed by atoms with Crippen molar-refractivity contribution < 1.29 is 19.0 Å². The number of esters is 1. The normalized spacial score (nSPS) is 24.4. The molecule has 4 nitrogen and oxygen atoms in total. The van der Waals surface area contributed by atoms with Gasteiger partial charge in [-0.1, -0.05) is 48.5 Å².